The Bertz CT molecular complexity index is 1200. The van der Waals surface area contributed by atoms with Gasteiger partial charge < -0.3 is 14.3 Å². The lowest BCUT2D eigenvalue weighted by Crippen LogP contribution is -2.24. The van der Waals surface area contributed by atoms with E-state index in [2.05, 4.69) is 30.9 Å². The summed E-state index contributed by atoms with van der Waals surface area (Å²) in [6, 6.07) is 1.87. The van der Waals surface area contributed by atoms with E-state index in [1.165, 1.54) is 10.8 Å². The summed E-state index contributed by atoms with van der Waals surface area (Å²) < 4.78 is 8.59. The van der Waals surface area contributed by atoms with Gasteiger partial charge in [0, 0.05) is 25.0 Å². The molecule has 4 rings (SSSR count). The highest BCUT2D eigenvalue weighted by Crippen LogP contribution is 2.25. The number of fused-ring (bicyclic) bond motifs is 1. The number of furan rings is 1. The maximum atomic E-state index is 12.7. The van der Waals surface area contributed by atoms with Crippen molar-refractivity contribution in [3.8, 4) is 11.3 Å². The first kappa shape index (κ1) is 16.7. The molecule has 4 aromatic rings. The Labute approximate surface area is 152 Å². The summed E-state index contributed by atoms with van der Waals surface area (Å²) >= 11 is 0. The minimum absolute atomic E-state index is 0.0972. The standard InChI is InChI=1S/C16H16N8O3/c1-8-4-10(9(2)27-8)12-7-24-6-11(18-14(24)16(26)23(12)3)15(25)17-5-13-19-21-22-20-13/h4,6-7H,5H2,1-3H3,(H,17,25)(H,19,20,21,22). The summed E-state index contributed by atoms with van der Waals surface area (Å²) in [6.45, 7) is 3.78. The second-order valence-corrected chi connectivity index (χ2v) is 6.07. The first-order valence-corrected chi connectivity index (χ1v) is 8.10. The maximum Gasteiger partial charge on any atom is 0.294 e. The molecule has 27 heavy (non-hydrogen) atoms. The van der Waals surface area contributed by atoms with Gasteiger partial charge in [-0.2, -0.15) is 5.21 Å². The average molecular weight is 368 g/mol. The highest BCUT2D eigenvalue weighted by molar-refractivity contribution is 5.92. The van der Waals surface area contributed by atoms with Crippen molar-refractivity contribution < 1.29 is 9.21 Å². The van der Waals surface area contributed by atoms with Crippen LogP contribution < -0.4 is 10.9 Å². The summed E-state index contributed by atoms with van der Waals surface area (Å²) in [5.41, 5.74) is 1.43. The highest BCUT2D eigenvalue weighted by Gasteiger charge is 2.18. The number of H-pyrrole nitrogens is 1. The van der Waals surface area contributed by atoms with Crippen LogP contribution in [0.15, 0.2) is 27.7 Å². The van der Waals surface area contributed by atoms with Gasteiger partial charge in [-0.25, -0.2) is 4.98 Å². The maximum absolute atomic E-state index is 12.7. The lowest BCUT2D eigenvalue weighted by Gasteiger charge is -2.07. The molecule has 0 aliphatic heterocycles. The van der Waals surface area contributed by atoms with E-state index >= 15 is 0 Å². The number of hydrogen-bond acceptors (Lipinski definition) is 7. The second-order valence-electron chi connectivity index (χ2n) is 6.07. The van der Waals surface area contributed by atoms with Gasteiger partial charge in [-0.1, -0.05) is 5.21 Å². The number of carbonyl (C=O) groups excluding carboxylic acids is 1. The molecule has 11 heteroatoms. The molecule has 4 aromatic heterocycles. The molecular formula is C16H16N8O3. The number of aromatic amines is 1. The Morgan fingerprint density at radius 3 is 2.81 bits per heavy atom. The van der Waals surface area contributed by atoms with E-state index in [9.17, 15) is 9.59 Å². The van der Waals surface area contributed by atoms with Crippen LogP contribution in [0.1, 0.15) is 27.8 Å². The number of aromatic nitrogens is 7. The third-order valence-corrected chi connectivity index (χ3v) is 4.20. The van der Waals surface area contributed by atoms with Gasteiger partial charge in [-0.15, -0.1) is 10.2 Å². The Hall–Kier alpha value is -3.76. The van der Waals surface area contributed by atoms with Crippen molar-refractivity contribution in [2.45, 2.75) is 20.4 Å². The number of rotatable bonds is 4. The first-order valence-electron chi connectivity index (χ1n) is 8.10. The number of nitrogens with zero attached hydrogens (tertiary/aromatic N) is 6. The summed E-state index contributed by atoms with van der Waals surface area (Å²) in [5.74, 6) is 1.36. The second kappa shape index (κ2) is 6.20. The molecular weight excluding hydrogens is 352 g/mol. The van der Waals surface area contributed by atoms with Gasteiger partial charge in [-0.05, 0) is 19.9 Å². The Balaban J connectivity index is 1.72. The molecule has 0 aliphatic rings. The minimum atomic E-state index is -0.442. The van der Waals surface area contributed by atoms with Crippen LogP contribution in [0.2, 0.25) is 0 Å². The van der Waals surface area contributed by atoms with Gasteiger partial charge in [-0.3, -0.25) is 14.0 Å². The van der Waals surface area contributed by atoms with E-state index in [0.717, 1.165) is 11.3 Å². The number of tetrazole rings is 1. The fourth-order valence-corrected chi connectivity index (χ4v) is 2.88. The average Bonchev–Trinajstić information content (AvgIpc) is 3.36. The summed E-state index contributed by atoms with van der Waals surface area (Å²) in [7, 11) is 1.66. The van der Waals surface area contributed by atoms with E-state index in [4.69, 9.17) is 4.42 Å². The van der Waals surface area contributed by atoms with Crippen molar-refractivity contribution in [3.63, 3.8) is 0 Å². The molecule has 0 saturated carbocycles. The molecule has 138 valence electrons. The summed E-state index contributed by atoms with van der Waals surface area (Å²) in [4.78, 5) is 29.2. The zero-order chi connectivity index (χ0) is 19.1. The molecule has 0 atom stereocenters. The van der Waals surface area contributed by atoms with Crippen LogP contribution in [0.25, 0.3) is 16.9 Å². The lowest BCUT2D eigenvalue weighted by molar-refractivity contribution is 0.0945. The minimum Gasteiger partial charge on any atom is -0.466 e. The van der Waals surface area contributed by atoms with Crippen LogP contribution in [0.5, 0.6) is 0 Å². The van der Waals surface area contributed by atoms with Crippen LogP contribution in [0, 0.1) is 13.8 Å². The number of carbonyl (C=O) groups is 1. The zero-order valence-electron chi connectivity index (χ0n) is 14.8. The van der Waals surface area contributed by atoms with Crippen LogP contribution in [0.4, 0.5) is 0 Å². The quantitative estimate of drug-likeness (QED) is 0.530. The molecule has 0 bridgehead atoms. The zero-order valence-corrected chi connectivity index (χ0v) is 14.8. The van der Waals surface area contributed by atoms with Crippen molar-refractivity contribution in [1.82, 2.24) is 39.9 Å². The largest absolute Gasteiger partial charge is 0.466 e. The molecule has 0 unspecified atom stereocenters. The molecule has 0 aromatic carbocycles. The van der Waals surface area contributed by atoms with E-state index in [-0.39, 0.29) is 23.4 Å². The first-order chi connectivity index (χ1) is 12.9. The van der Waals surface area contributed by atoms with Crippen LogP contribution >= 0.6 is 0 Å². The summed E-state index contributed by atoms with van der Waals surface area (Å²) in [5, 5.41) is 15.9. The lowest BCUT2D eigenvalue weighted by atomic mass is 10.2. The molecule has 0 saturated heterocycles. The number of hydrogen-bond donors (Lipinski definition) is 2. The Morgan fingerprint density at radius 2 is 2.15 bits per heavy atom. The topological polar surface area (TPSA) is 136 Å². The number of nitrogens with one attached hydrogen (secondary N) is 2. The van der Waals surface area contributed by atoms with Crippen LogP contribution in [-0.4, -0.2) is 40.5 Å². The van der Waals surface area contributed by atoms with Gasteiger partial charge >= 0.3 is 0 Å². The summed E-state index contributed by atoms with van der Waals surface area (Å²) in [6.07, 6.45) is 3.26. The van der Waals surface area contributed by atoms with Gasteiger partial charge in [0.1, 0.15) is 17.2 Å². The smallest absolute Gasteiger partial charge is 0.294 e. The van der Waals surface area contributed by atoms with E-state index in [1.54, 1.807) is 17.6 Å². The SMILES string of the molecule is Cc1cc(-c2cn3cc(C(=O)NCc4nn[nH]n4)nc3c(=O)n2C)c(C)o1. The molecule has 2 N–H and O–H groups in total. The van der Waals surface area contributed by atoms with Crippen molar-refractivity contribution in [3.05, 3.63) is 51.9 Å². The van der Waals surface area contributed by atoms with Gasteiger partial charge in [0.05, 0.1) is 12.2 Å². The molecule has 0 spiro atoms. The van der Waals surface area contributed by atoms with Crippen molar-refractivity contribution >= 4 is 11.6 Å². The van der Waals surface area contributed by atoms with Crippen LogP contribution in [-0.2, 0) is 13.6 Å². The fourth-order valence-electron chi connectivity index (χ4n) is 2.88. The number of imidazole rings is 1. The van der Waals surface area contributed by atoms with E-state index in [0.29, 0.717) is 17.3 Å². The molecule has 0 fully saturated rings. The molecule has 0 radical (unpaired) electrons. The third kappa shape index (κ3) is 2.88. The third-order valence-electron chi connectivity index (χ3n) is 4.20. The number of amides is 1. The predicted octanol–water partition coefficient (Wildman–Crippen LogP) is 0.353. The van der Waals surface area contributed by atoms with Crippen molar-refractivity contribution in [1.29, 1.82) is 0 Å². The fraction of sp³-hybridized carbons (Fsp3) is 0.250. The van der Waals surface area contributed by atoms with E-state index < -0.39 is 5.91 Å². The van der Waals surface area contributed by atoms with Crippen molar-refractivity contribution in [2.24, 2.45) is 7.05 Å². The monoisotopic (exact) mass is 368 g/mol. The van der Waals surface area contributed by atoms with Gasteiger partial charge in [0.15, 0.2) is 5.82 Å². The van der Waals surface area contributed by atoms with E-state index in [1.807, 2.05) is 19.9 Å². The predicted molar refractivity (Wildman–Crippen MR) is 93.0 cm³/mol. The molecule has 11 nitrogen and oxygen atoms in total. The van der Waals surface area contributed by atoms with Crippen molar-refractivity contribution in [2.75, 3.05) is 0 Å². The van der Waals surface area contributed by atoms with Gasteiger partial charge in [0.25, 0.3) is 11.5 Å². The van der Waals surface area contributed by atoms with Crippen LogP contribution in [0.3, 0.4) is 0 Å². The Kier molecular flexibility index (Phi) is 3.83. The van der Waals surface area contributed by atoms with Gasteiger partial charge in [0.2, 0.25) is 5.65 Å². The number of aryl methyl sites for hydroxylation is 2. The Morgan fingerprint density at radius 1 is 1.33 bits per heavy atom. The molecule has 4 heterocycles. The molecule has 0 aliphatic carbocycles. The molecule has 1 amide bonds. The normalized spacial score (nSPS) is 11.2. The highest BCUT2D eigenvalue weighted by atomic mass is 16.3.